The first-order chi connectivity index (χ1) is 5.81. The largest absolute Gasteiger partial charge is 0.436 e. The third-order valence-electron chi connectivity index (χ3n) is 1.05. The van der Waals surface area contributed by atoms with E-state index in [2.05, 4.69) is 5.73 Å². The van der Waals surface area contributed by atoms with Crippen LogP contribution in [0.4, 0.5) is 22.1 Å². The molecule has 0 amide bonds. The zero-order chi connectivity index (χ0) is 10.7. The van der Waals surface area contributed by atoms with Gasteiger partial charge in [0.25, 0.3) is 0 Å². The van der Waals surface area contributed by atoms with Crippen LogP contribution in [0.2, 0.25) is 0 Å². The van der Waals surface area contributed by atoms with Crippen LogP contribution in [0.5, 0.6) is 0 Å². The first-order valence-electron chi connectivity index (χ1n) is 2.66. The summed E-state index contributed by atoms with van der Waals surface area (Å²) in [6.07, 6.45) is -5.32. The minimum Gasteiger partial charge on any atom is -0.294 e. The van der Waals surface area contributed by atoms with Gasteiger partial charge in [0.15, 0.2) is 0 Å². The highest BCUT2D eigenvalue weighted by Gasteiger charge is 2.50. The molecule has 0 aromatic heterocycles. The molecule has 74 valence electrons. The van der Waals surface area contributed by atoms with Crippen LogP contribution >= 0.6 is 0 Å². The molecule has 0 rings (SSSR count). The maximum absolute atomic E-state index is 11.8. The maximum Gasteiger partial charge on any atom is 0.436 e. The van der Waals surface area contributed by atoms with E-state index in [1.54, 1.807) is 0 Å². The molecule has 0 aromatic rings. The Hall–Kier alpha value is -1.27. The first-order valence-corrected chi connectivity index (χ1v) is 2.66. The molecule has 0 heterocycles. The highest BCUT2D eigenvalue weighted by Crippen LogP contribution is 2.22. The fourth-order valence-electron chi connectivity index (χ4n) is 0.457. The summed E-state index contributed by atoms with van der Waals surface area (Å²) < 4.78 is 58.5. The van der Waals surface area contributed by atoms with Crippen molar-refractivity contribution in [1.82, 2.24) is 5.54 Å². The van der Waals surface area contributed by atoms with Crippen LogP contribution in [0.25, 0.3) is 0 Å². The molecule has 0 aromatic carbocycles. The zero-order valence-electron chi connectivity index (χ0n) is 5.86. The van der Waals surface area contributed by atoms with E-state index in [0.29, 0.717) is 11.6 Å². The van der Waals surface area contributed by atoms with Crippen LogP contribution in [0, 0.1) is 11.3 Å². The van der Waals surface area contributed by atoms with Crippen molar-refractivity contribution in [1.29, 1.82) is 5.26 Å². The molecule has 0 fully saturated rings. The van der Waals surface area contributed by atoms with Crippen molar-refractivity contribution in [2.45, 2.75) is 11.8 Å². The summed E-state index contributed by atoms with van der Waals surface area (Å²) in [6, 6.07) is 0.687. The van der Waals surface area contributed by atoms with Gasteiger partial charge in [0.05, 0.1) is 0 Å². The number of hydrogen-bond donors (Lipinski definition) is 2. The second-order valence-electron chi connectivity index (χ2n) is 1.95. The van der Waals surface area contributed by atoms with E-state index >= 15 is 0 Å². The summed E-state index contributed by atoms with van der Waals surface area (Å²) in [4.78, 5) is 0. The molecule has 0 bridgehead atoms. The van der Waals surface area contributed by atoms with Crippen LogP contribution in [-0.4, -0.2) is 17.6 Å². The van der Waals surface area contributed by atoms with Crippen LogP contribution in [0.3, 0.4) is 0 Å². The Morgan fingerprint density at radius 3 is 2.00 bits per heavy atom. The molecule has 0 spiro atoms. The fourth-order valence-corrected chi connectivity index (χ4v) is 0.457. The lowest BCUT2D eigenvalue weighted by Crippen LogP contribution is -2.60. The van der Waals surface area contributed by atoms with Crippen molar-refractivity contribution >= 4 is 5.71 Å². The molecule has 9 heteroatoms. The summed E-state index contributed by atoms with van der Waals surface area (Å²) >= 11 is 0. The van der Waals surface area contributed by atoms with Gasteiger partial charge in [0, 0.05) is 0 Å². The summed E-state index contributed by atoms with van der Waals surface area (Å²) in [6.45, 7) is 0. The molecule has 3 N–H and O–H groups in total. The number of nitriles is 1. The van der Waals surface area contributed by atoms with Gasteiger partial charge in [-0.2, -0.15) is 18.4 Å². The molecule has 0 saturated carbocycles. The van der Waals surface area contributed by atoms with E-state index in [9.17, 15) is 22.1 Å². The number of nitrogens with one attached hydrogen (secondary N) is 1. The number of nitrogens with zero attached hydrogens (tertiary/aromatic N) is 2. The maximum atomic E-state index is 11.8. The number of hydrogen-bond acceptors (Lipinski definition) is 4. The molecule has 0 aliphatic heterocycles. The van der Waals surface area contributed by atoms with Crippen molar-refractivity contribution in [3.8, 4) is 6.07 Å². The predicted octanol–water partition coefficient (Wildman–Crippen LogP) is 0.527. The lowest BCUT2D eigenvalue weighted by atomic mass is 10.1. The molecule has 0 aliphatic rings. The van der Waals surface area contributed by atoms with Gasteiger partial charge in [0.2, 0.25) is 11.4 Å². The quantitative estimate of drug-likeness (QED) is 0.297. The predicted molar refractivity (Wildman–Crippen MR) is 31.4 cm³/mol. The second kappa shape index (κ2) is 3.63. The van der Waals surface area contributed by atoms with Gasteiger partial charge in [0.1, 0.15) is 6.07 Å². The lowest BCUT2D eigenvalue weighted by Gasteiger charge is -2.20. The SMILES string of the molecule is N#CC(N)(NF)/C(=N/F)C(F)(F)F. The summed E-state index contributed by atoms with van der Waals surface area (Å²) in [5.41, 5.74) is -0.900. The van der Waals surface area contributed by atoms with Crippen LogP contribution < -0.4 is 11.3 Å². The monoisotopic (exact) mass is 202 g/mol. The zero-order valence-corrected chi connectivity index (χ0v) is 5.86. The number of nitrogens with two attached hydrogens (primary N) is 1. The van der Waals surface area contributed by atoms with Gasteiger partial charge in [-0.15, -0.1) is 10.0 Å². The Kier molecular flexibility index (Phi) is 3.27. The Morgan fingerprint density at radius 2 is 1.92 bits per heavy atom. The molecule has 1 atom stereocenters. The average molecular weight is 202 g/mol. The third kappa shape index (κ3) is 2.33. The van der Waals surface area contributed by atoms with Gasteiger partial charge >= 0.3 is 6.18 Å². The Morgan fingerprint density at radius 1 is 1.46 bits per heavy atom. The van der Waals surface area contributed by atoms with Crippen molar-refractivity contribution in [2.75, 3.05) is 0 Å². The second-order valence-corrected chi connectivity index (χ2v) is 1.95. The summed E-state index contributed by atoms with van der Waals surface area (Å²) in [5, 5.41) is 9.24. The van der Waals surface area contributed by atoms with Crippen molar-refractivity contribution in [2.24, 2.45) is 10.9 Å². The van der Waals surface area contributed by atoms with Crippen LogP contribution in [-0.2, 0) is 0 Å². The molecule has 0 aliphatic carbocycles. The van der Waals surface area contributed by atoms with Crippen molar-refractivity contribution < 1.29 is 22.1 Å². The Labute approximate surface area is 68.7 Å². The van der Waals surface area contributed by atoms with E-state index in [-0.39, 0.29) is 0 Å². The number of alkyl halides is 3. The molecule has 13 heavy (non-hydrogen) atoms. The van der Waals surface area contributed by atoms with Crippen LogP contribution in [0.15, 0.2) is 5.21 Å². The van der Waals surface area contributed by atoms with Gasteiger partial charge in [-0.1, -0.05) is 9.70 Å². The summed E-state index contributed by atoms with van der Waals surface area (Å²) in [7, 11) is 0. The number of halogens is 5. The molecule has 0 radical (unpaired) electrons. The fraction of sp³-hybridized carbons (Fsp3) is 0.500. The van der Waals surface area contributed by atoms with E-state index in [0.717, 1.165) is 0 Å². The summed E-state index contributed by atoms with van der Waals surface area (Å²) in [5.74, 6) is 0. The topological polar surface area (TPSA) is 74.2 Å². The molecular weight excluding hydrogens is 199 g/mol. The molecule has 4 nitrogen and oxygen atoms in total. The normalized spacial score (nSPS) is 17.8. The average Bonchev–Trinajstić information content (AvgIpc) is 2.02. The highest BCUT2D eigenvalue weighted by atomic mass is 19.4. The number of rotatable bonds is 2. The van der Waals surface area contributed by atoms with E-state index < -0.39 is 17.6 Å². The third-order valence-corrected chi connectivity index (χ3v) is 1.05. The molecule has 1 unspecified atom stereocenters. The van der Waals surface area contributed by atoms with E-state index in [1.165, 1.54) is 5.21 Å². The minimum absolute atomic E-state index is 0.312. The highest BCUT2D eigenvalue weighted by molar-refractivity contribution is 5.99. The van der Waals surface area contributed by atoms with Crippen molar-refractivity contribution in [3.63, 3.8) is 0 Å². The minimum atomic E-state index is -5.32. The van der Waals surface area contributed by atoms with Gasteiger partial charge in [-0.3, -0.25) is 5.73 Å². The van der Waals surface area contributed by atoms with E-state index in [4.69, 9.17) is 5.26 Å². The first kappa shape index (κ1) is 11.7. The van der Waals surface area contributed by atoms with Crippen LogP contribution in [0.1, 0.15) is 0 Å². The van der Waals surface area contributed by atoms with Gasteiger partial charge in [-0.05, 0) is 0 Å². The standard InChI is InChI=1S/C4H3F5N4/c5-4(6,7)2(12-8)3(11,1-10)13-9/h13H,11H2/b12-2-. The molecule has 0 saturated heterocycles. The smallest absolute Gasteiger partial charge is 0.294 e. The Balaban J connectivity index is 5.14. The lowest BCUT2D eigenvalue weighted by molar-refractivity contribution is -0.0660. The van der Waals surface area contributed by atoms with Gasteiger partial charge < -0.3 is 0 Å². The molecular formula is C4H3F5N4. The Bertz CT molecular complexity index is 252. The van der Waals surface area contributed by atoms with E-state index in [1.807, 2.05) is 0 Å². The van der Waals surface area contributed by atoms with Crippen molar-refractivity contribution in [3.05, 3.63) is 0 Å². The van der Waals surface area contributed by atoms with Gasteiger partial charge in [-0.25, -0.2) is 0 Å².